The molecule has 0 aliphatic carbocycles. The van der Waals surface area contributed by atoms with Gasteiger partial charge in [-0.1, -0.05) is 31.5 Å². The van der Waals surface area contributed by atoms with Crippen LogP contribution >= 0.6 is 11.6 Å². The van der Waals surface area contributed by atoms with Crippen molar-refractivity contribution in [3.63, 3.8) is 0 Å². The number of nitrogens with zero attached hydrogens (tertiary/aromatic N) is 1. The van der Waals surface area contributed by atoms with Gasteiger partial charge in [0.25, 0.3) is 10.0 Å². The van der Waals surface area contributed by atoms with Crippen molar-refractivity contribution in [3.8, 4) is 5.75 Å². The number of sulfonamides is 1. The Labute approximate surface area is 170 Å². The monoisotopic (exact) mass is 422 g/mol. The van der Waals surface area contributed by atoms with E-state index in [4.69, 9.17) is 16.3 Å². The lowest BCUT2D eigenvalue weighted by atomic mass is 9.98. The van der Waals surface area contributed by atoms with Crippen molar-refractivity contribution in [2.75, 3.05) is 18.4 Å². The van der Waals surface area contributed by atoms with Gasteiger partial charge in [0.1, 0.15) is 5.75 Å². The van der Waals surface area contributed by atoms with Gasteiger partial charge in [-0.2, -0.15) is 0 Å². The number of fused-ring (bicyclic) bond motifs is 1. The highest BCUT2D eigenvalue weighted by Gasteiger charge is 2.23. The first-order valence-electron chi connectivity index (χ1n) is 8.98. The topological polar surface area (TPSA) is 75.7 Å². The maximum atomic E-state index is 12.7. The summed E-state index contributed by atoms with van der Waals surface area (Å²) in [6.45, 7) is 4.92. The van der Waals surface area contributed by atoms with E-state index >= 15 is 0 Å². The van der Waals surface area contributed by atoms with Crippen LogP contribution in [0.25, 0.3) is 0 Å². The van der Waals surface area contributed by atoms with Gasteiger partial charge in [0.15, 0.2) is 0 Å². The third kappa shape index (κ3) is 4.25. The van der Waals surface area contributed by atoms with E-state index in [-0.39, 0.29) is 21.7 Å². The minimum atomic E-state index is -3.80. The average Bonchev–Trinajstić information content (AvgIpc) is 2.66. The standard InChI is InChI=1S/C20H23ClN2O4S/c1-13(2)20(24)23-9-8-14-4-5-16(10-15(14)12-23)22-28(25,26)17-6-7-19(27-3)18(21)11-17/h4-7,10-11,13,22H,8-9,12H2,1-3H3. The lowest BCUT2D eigenvalue weighted by molar-refractivity contribution is -0.135. The van der Waals surface area contributed by atoms with Gasteiger partial charge in [-0.25, -0.2) is 8.42 Å². The molecule has 1 N–H and O–H groups in total. The van der Waals surface area contributed by atoms with Gasteiger partial charge in [-0.15, -0.1) is 0 Å². The highest BCUT2D eigenvalue weighted by molar-refractivity contribution is 7.92. The number of rotatable bonds is 5. The van der Waals surface area contributed by atoms with E-state index in [1.807, 2.05) is 24.8 Å². The number of ether oxygens (including phenoxy) is 1. The zero-order valence-electron chi connectivity index (χ0n) is 16.0. The number of halogens is 1. The van der Waals surface area contributed by atoms with Crippen molar-refractivity contribution < 1.29 is 17.9 Å². The van der Waals surface area contributed by atoms with Gasteiger partial charge in [0.05, 0.1) is 17.0 Å². The number of methoxy groups -OCH3 is 1. The molecule has 1 aliphatic heterocycles. The largest absolute Gasteiger partial charge is 0.495 e. The molecule has 0 saturated heterocycles. The molecule has 0 atom stereocenters. The van der Waals surface area contributed by atoms with E-state index in [1.54, 1.807) is 12.1 Å². The molecule has 0 radical (unpaired) electrons. The number of hydrogen-bond acceptors (Lipinski definition) is 4. The van der Waals surface area contributed by atoms with E-state index in [1.165, 1.54) is 25.3 Å². The van der Waals surface area contributed by atoms with Gasteiger partial charge >= 0.3 is 0 Å². The third-order valence-corrected chi connectivity index (χ3v) is 6.38. The van der Waals surface area contributed by atoms with Crippen LogP contribution in [0.1, 0.15) is 25.0 Å². The van der Waals surface area contributed by atoms with E-state index in [2.05, 4.69) is 4.72 Å². The molecule has 1 aliphatic rings. The third-order valence-electron chi connectivity index (χ3n) is 4.71. The number of nitrogens with one attached hydrogen (secondary N) is 1. The summed E-state index contributed by atoms with van der Waals surface area (Å²) >= 11 is 6.05. The van der Waals surface area contributed by atoms with Crippen molar-refractivity contribution in [1.29, 1.82) is 0 Å². The Balaban J connectivity index is 1.83. The Morgan fingerprint density at radius 2 is 1.93 bits per heavy atom. The number of benzene rings is 2. The quantitative estimate of drug-likeness (QED) is 0.797. The molecule has 2 aromatic rings. The molecular weight excluding hydrogens is 400 g/mol. The Hall–Kier alpha value is -2.25. The van der Waals surface area contributed by atoms with Crippen molar-refractivity contribution in [2.24, 2.45) is 5.92 Å². The molecule has 0 saturated carbocycles. The van der Waals surface area contributed by atoms with E-state index < -0.39 is 10.0 Å². The van der Waals surface area contributed by atoms with Gasteiger partial charge in [-0.3, -0.25) is 9.52 Å². The zero-order chi connectivity index (χ0) is 20.5. The molecule has 150 valence electrons. The minimum absolute atomic E-state index is 0.0487. The van der Waals surface area contributed by atoms with Gasteiger partial charge in [0.2, 0.25) is 5.91 Å². The molecule has 0 unspecified atom stereocenters. The van der Waals surface area contributed by atoms with Crippen LogP contribution in [0.5, 0.6) is 5.75 Å². The molecule has 6 nitrogen and oxygen atoms in total. The van der Waals surface area contributed by atoms with Gasteiger partial charge < -0.3 is 9.64 Å². The summed E-state index contributed by atoms with van der Waals surface area (Å²) < 4.78 is 33.1. The molecule has 8 heteroatoms. The number of carbonyl (C=O) groups is 1. The van der Waals surface area contributed by atoms with E-state index in [9.17, 15) is 13.2 Å². The first-order valence-corrected chi connectivity index (χ1v) is 10.8. The van der Waals surface area contributed by atoms with Crippen LogP contribution in [0.4, 0.5) is 5.69 Å². The minimum Gasteiger partial charge on any atom is -0.495 e. The van der Waals surface area contributed by atoms with Gasteiger partial charge in [0, 0.05) is 24.7 Å². The molecule has 2 aromatic carbocycles. The molecule has 28 heavy (non-hydrogen) atoms. The van der Waals surface area contributed by atoms with Gasteiger partial charge in [-0.05, 0) is 47.9 Å². The summed E-state index contributed by atoms with van der Waals surface area (Å²) in [5, 5.41) is 0.221. The molecule has 0 bridgehead atoms. The fraction of sp³-hybridized carbons (Fsp3) is 0.350. The number of hydrogen-bond donors (Lipinski definition) is 1. The van der Waals surface area contributed by atoms with Crippen LogP contribution in [0.2, 0.25) is 5.02 Å². The normalized spacial score (nSPS) is 14.0. The molecular formula is C20H23ClN2O4S. The predicted octanol–water partition coefficient (Wildman–Crippen LogP) is 3.69. The summed E-state index contributed by atoms with van der Waals surface area (Å²) in [6, 6.07) is 9.74. The molecule has 1 amide bonds. The molecule has 3 rings (SSSR count). The van der Waals surface area contributed by atoms with Crippen molar-refractivity contribution in [2.45, 2.75) is 31.7 Å². The maximum absolute atomic E-state index is 12.7. The summed E-state index contributed by atoms with van der Waals surface area (Å²) in [5.41, 5.74) is 2.53. The van der Waals surface area contributed by atoms with Crippen molar-refractivity contribution >= 4 is 33.2 Å². The number of carbonyl (C=O) groups excluding carboxylic acids is 1. The Morgan fingerprint density at radius 1 is 1.18 bits per heavy atom. The molecule has 0 fully saturated rings. The molecule has 0 aromatic heterocycles. The second-order valence-electron chi connectivity index (χ2n) is 7.05. The summed E-state index contributed by atoms with van der Waals surface area (Å²) in [4.78, 5) is 14.1. The van der Waals surface area contributed by atoms with Crippen LogP contribution in [0.15, 0.2) is 41.3 Å². The first-order chi connectivity index (χ1) is 13.2. The molecule has 0 spiro atoms. The lowest BCUT2D eigenvalue weighted by Gasteiger charge is -2.30. The van der Waals surface area contributed by atoms with Crippen molar-refractivity contribution in [1.82, 2.24) is 4.90 Å². The fourth-order valence-electron chi connectivity index (χ4n) is 3.20. The Bertz CT molecular complexity index is 1010. The predicted molar refractivity (Wildman–Crippen MR) is 109 cm³/mol. The summed E-state index contributed by atoms with van der Waals surface area (Å²) in [5.74, 6) is 0.442. The van der Waals surface area contributed by atoms with Crippen molar-refractivity contribution in [3.05, 3.63) is 52.5 Å². The van der Waals surface area contributed by atoms with E-state index in [0.29, 0.717) is 24.5 Å². The number of anilines is 1. The number of amides is 1. The van der Waals surface area contributed by atoms with Crippen LogP contribution in [-0.4, -0.2) is 32.9 Å². The fourth-order valence-corrected chi connectivity index (χ4v) is 4.60. The Kier molecular flexibility index (Phi) is 5.86. The van der Waals surface area contributed by atoms with Crippen LogP contribution in [0.3, 0.4) is 0 Å². The lowest BCUT2D eigenvalue weighted by Crippen LogP contribution is -2.38. The highest BCUT2D eigenvalue weighted by Crippen LogP contribution is 2.29. The van der Waals surface area contributed by atoms with Crippen LogP contribution in [-0.2, 0) is 27.8 Å². The zero-order valence-corrected chi connectivity index (χ0v) is 17.6. The smallest absolute Gasteiger partial charge is 0.261 e. The average molecular weight is 423 g/mol. The maximum Gasteiger partial charge on any atom is 0.261 e. The Morgan fingerprint density at radius 3 is 2.57 bits per heavy atom. The first kappa shape index (κ1) is 20.5. The summed E-state index contributed by atoms with van der Waals surface area (Å²) in [7, 11) is -2.33. The van der Waals surface area contributed by atoms with E-state index in [0.717, 1.165) is 17.5 Å². The highest BCUT2D eigenvalue weighted by atomic mass is 35.5. The second-order valence-corrected chi connectivity index (χ2v) is 9.14. The molecule has 1 heterocycles. The van der Waals surface area contributed by atoms with Crippen LogP contribution < -0.4 is 9.46 Å². The SMILES string of the molecule is COc1ccc(S(=O)(=O)Nc2ccc3c(c2)CN(C(=O)C(C)C)CC3)cc1Cl. The second kappa shape index (κ2) is 8.01. The summed E-state index contributed by atoms with van der Waals surface area (Å²) in [6.07, 6.45) is 0.759. The van der Waals surface area contributed by atoms with Crippen LogP contribution in [0, 0.1) is 5.92 Å².